The molecule has 1 saturated heterocycles. The zero-order chi connectivity index (χ0) is 13.1. The van der Waals surface area contributed by atoms with Crippen LogP contribution in [0.25, 0.3) is 0 Å². The molecular weight excluding hydrogens is 298 g/mol. The van der Waals surface area contributed by atoms with E-state index in [1.54, 1.807) is 13.2 Å². The number of esters is 1. The summed E-state index contributed by atoms with van der Waals surface area (Å²) >= 11 is 3.46. The maximum absolute atomic E-state index is 11.9. The number of anilines is 1. The Kier molecular flexibility index (Phi) is 4.11. The lowest BCUT2D eigenvalue weighted by atomic mass is 10.1. The summed E-state index contributed by atoms with van der Waals surface area (Å²) in [6.07, 6.45) is 2.31. The molecule has 0 bridgehead atoms. The third-order valence-corrected chi connectivity index (χ3v) is 3.74. The average molecular weight is 314 g/mol. The van der Waals surface area contributed by atoms with Gasteiger partial charge in [-0.3, -0.25) is 0 Å². The first-order chi connectivity index (χ1) is 8.67. The van der Waals surface area contributed by atoms with Crippen LogP contribution in [0.5, 0.6) is 5.75 Å². The van der Waals surface area contributed by atoms with Crippen molar-refractivity contribution in [2.75, 3.05) is 32.2 Å². The van der Waals surface area contributed by atoms with Gasteiger partial charge in [0.25, 0.3) is 0 Å². The number of hydrogen-bond donors (Lipinski definition) is 0. The molecule has 0 amide bonds. The summed E-state index contributed by atoms with van der Waals surface area (Å²) in [6, 6.07) is 3.65. The van der Waals surface area contributed by atoms with Crippen molar-refractivity contribution in [1.82, 2.24) is 0 Å². The third kappa shape index (κ3) is 2.46. The van der Waals surface area contributed by atoms with Crippen LogP contribution in [0.3, 0.4) is 0 Å². The van der Waals surface area contributed by atoms with Gasteiger partial charge in [-0.2, -0.15) is 0 Å². The maximum Gasteiger partial charge on any atom is 0.340 e. The Morgan fingerprint density at radius 3 is 2.50 bits per heavy atom. The van der Waals surface area contributed by atoms with Gasteiger partial charge in [-0.1, -0.05) is 0 Å². The highest BCUT2D eigenvalue weighted by Gasteiger charge is 2.22. The van der Waals surface area contributed by atoms with Crippen molar-refractivity contribution in [1.29, 1.82) is 0 Å². The number of methoxy groups -OCH3 is 2. The van der Waals surface area contributed by atoms with Crippen LogP contribution in [0.1, 0.15) is 23.2 Å². The fourth-order valence-corrected chi connectivity index (χ4v) is 2.69. The van der Waals surface area contributed by atoms with Crippen molar-refractivity contribution in [3.8, 4) is 5.75 Å². The number of ether oxygens (including phenoxy) is 2. The minimum absolute atomic E-state index is 0.331. The molecule has 1 aromatic rings. The van der Waals surface area contributed by atoms with Crippen molar-refractivity contribution in [2.24, 2.45) is 0 Å². The molecule has 5 heteroatoms. The van der Waals surface area contributed by atoms with Gasteiger partial charge in [0, 0.05) is 13.1 Å². The first kappa shape index (κ1) is 13.2. The first-order valence-corrected chi connectivity index (χ1v) is 6.67. The van der Waals surface area contributed by atoms with E-state index in [9.17, 15) is 4.79 Å². The molecule has 2 rings (SSSR count). The van der Waals surface area contributed by atoms with Crippen LogP contribution in [0.2, 0.25) is 0 Å². The Bertz CT molecular complexity index is 456. The van der Waals surface area contributed by atoms with Crippen LogP contribution >= 0.6 is 15.9 Å². The molecule has 0 N–H and O–H groups in total. The Hall–Kier alpha value is -1.23. The lowest BCUT2D eigenvalue weighted by Crippen LogP contribution is -2.21. The second-order valence-corrected chi connectivity index (χ2v) is 5.04. The van der Waals surface area contributed by atoms with Crippen molar-refractivity contribution in [3.63, 3.8) is 0 Å². The molecule has 1 fully saturated rings. The molecule has 0 aliphatic carbocycles. The predicted octanol–water partition coefficient (Wildman–Crippen LogP) is 2.84. The molecule has 0 spiro atoms. The second-order valence-electron chi connectivity index (χ2n) is 4.19. The Balaban J connectivity index is 2.47. The molecule has 18 heavy (non-hydrogen) atoms. The van der Waals surface area contributed by atoms with Crippen molar-refractivity contribution < 1.29 is 14.3 Å². The van der Waals surface area contributed by atoms with Crippen LogP contribution in [0.15, 0.2) is 16.6 Å². The molecule has 4 nitrogen and oxygen atoms in total. The summed E-state index contributed by atoms with van der Waals surface area (Å²) in [4.78, 5) is 14.1. The fraction of sp³-hybridized carbons (Fsp3) is 0.462. The van der Waals surface area contributed by atoms with Gasteiger partial charge in [0.15, 0.2) is 0 Å². The average Bonchev–Trinajstić information content (AvgIpc) is 2.91. The number of benzene rings is 1. The number of carbonyl (C=O) groups is 1. The summed E-state index contributed by atoms with van der Waals surface area (Å²) in [7, 11) is 2.97. The third-order valence-electron chi connectivity index (χ3n) is 3.12. The van der Waals surface area contributed by atoms with Crippen LogP contribution in [0, 0.1) is 0 Å². The maximum atomic E-state index is 11.9. The predicted molar refractivity (Wildman–Crippen MR) is 73.5 cm³/mol. The van der Waals surface area contributed by atoms with Gasteiger partial charge in [-0.25, -0.2) is 4.79 Å². The zero-order valence-electron chi connectivity index (χ0n) is 10.5. The van der Waals surface area contributed by atoms with E-state index < -0.39 is 0 Å². The van der Waals surface area contributed by atoms with Crippen LogP contribution in [-0.2, 0) is 4.74 Å². The number of hydrogen-bond acceptors (Lipinski definition) is 4. The summed E-state index contributed by atoms with van der Waals surface area (Å²) in [5.74, 6) is 0.307. The minimum atomic E-state index is -0.331. The molecule has 98 valence electrons. The smallest absolute Gasteiger partial charge is 0.340 e. The molecule has 0 radical (unpaired) electrons. The summed E-state index contributed by atoms with van der Waals surface area (Å²) in [6.45, 7) is 1.95. The van der Waals surface area contributed by atoms with Gasteiger partial charge >= 0.3 is 5.97 Å². The van der Waals surface area contributed by atoms with Gasteiger partial charge in [0.1, 0.15) is 5.75 Å². The Morgan fingerprint density at radius 2 is 1.94 bits per heavy atom. The largest absolute Gasteiger partial charge is 0.496 e. The first-order valence-electron chi connectivity index (χ1n) is 5.88. The number of halogens is 1. The van der Waals surface area contributed by atoms with E-state index in [0.29, 0.717) is 11.3 Å². The molecule has 1 aliphatic rings. The lowest BCUT2D eigenvalue weighted by Gasteiger charge is -2.21. The van der Waals surface area contributed by atoms with E-state index in [-0.39, 0.29) is 5.97 Å². The van der Waals surface area contributed by atoms with Crippen LogP contribution in [0.4, 0.5) is 5.69 Å². The fourth-order valence-electron chi connectivity index (χ4n) is 2.19. The topological polar surface area (TPSA) is 38.8 Å². The minimum Gasteiger partial charge on any atom is -0.496 e. The highest BCUT2D eigenvalue weighted by Crippen LogP contribution is 2.35. The van der Waals surface area contributed by atoms with E-state index in [1.807, 2.05) is 6.07 Å². The van der Waals surface area contributed by atoms with E-state index >= 15 is 0 Å². The SMILES string of the molecule is COC(=O)c1cc(OC)c(Br)cc1N1CCCC1. The van der Waals surface area contributed by atoms with Gasteiger partial charge in [0.05, 0.1) is 29.9 Å². The number of rotatable bonds is 3. The van der Waals surface area contributed by atoms with E-state index in [4.69, 9.17) is 9.47 Å². The van der Waals surface area contributed by atoms with Gasteiger partial charge in [-0.15, -0.1) is 0 Å². The van der Waals surface area contributed by atoms with Gasteiger partial charge < -0.3 is 14.4 Å². The quantitative estimate of drug-likeness (QED) is 0.804. The van der Waals surface area contributed by atoms with Crippen molar-refractivity contribution in [2.45, 2.75) is 12.8 Å². The Labute approximate surface area is 115 Å². The lowest BCUT2D eigenvalue weighted by molar-refractivity contribution is 0.0601. The number of carbonyl (C=O) groups excluding carboxylic acids is 1. The molecule has 0 saturated carbocycles. The van der Waals surface area contributed by atoms with Gasteiger partial charge in [-0.05, 0) is 40.9 Å². The van der Waals surface area contributed by atoms with Crippen molar-refractivity contribution in [3.05, 3.63) is 22.2 Å². The molecule has 0 aromatic heterocycles. The Morgan fingerprint density at radius 1 is 1.28 bits per heavy atom. The normalized spacial score (nSPS) is 14.7. The monoisotopic (exact) mass is 313 g/mol. The highest BCUT2D eigenvalue weighted by atomic mass is 79.9. The second kappa shape index (κ2) is 5.61. The summed E-state index contributed by atoms with van der Waals surface area (Å²) in [5, 5.41) is 0. The summed E-state index contributed by atoms with van der Waals surface area (Å²) in [5.41, 5.74) is 1.46. The molecule has 1 heterocycles. The number of nitrogens with zero attached hydrogens (tertiary/aromatic N) is 1. The van der Waals surface area contributed by atoms with Gasteiger partial charge in [0.2, 0.25) is 0 Å². The molecule has 1 aliphatic heterocycles. The summed E-state index contributed by atoms with van der Waals surface area (Å²) < 4.78 is 10.9. The standard InChI is InChI=1S/C13H16BrNO3/c1-17-12-7-9(13(16)18-2)11(8-10(12)14)15-5-3-4-6-15/h7-8H,3-6H2,1-2H3. The zero-order valence-corrected chi connectivity index (χ0v) is 12.1. The molecule has 0 atom stereocenters. The van der Waals surface area contributed by atoms with Crippen LogP contribution in [-0.4, -0.2) is 33.3 Å². The van der Waals surface area contributed by atoms with E-state index in [2.05, 4.69) is 20.8 Å². The molecular formula is C13H16BrNO3. The van der Waals surface area contributed by atoms with Crippen molar-refractivity contribution >= 4 is 27.6 Å². The molecule has 1 aromatic carbocycles. The van der Waals surface area contributed by atoms with E-state index in [0.717, 1.165) is 36.1 Å². The molecule has 0 unspecified atom stereocenters. The van der Waals surface area contributed by atoms with E-state index in [1.165, 1.54) is 7.11 Å². The van der Waals surface area contributed by atoms with Crippen LogP contribution < -0.4 is 9.64 Å². The highest BCUT2D eigenvalue weighted by molar-refractivity contribution is 9.10.